The maximum absolute atomic E-state index is 5.27. The highest BCUT2D eigenvalue weighted by Gasteiger charge is 2.09. The first-order valence-corrected chi connectivity index (χ1v) is 7.00. The number of ether oxygens (including phenoxy) is 1. The molecule has 0 aliphatic heterocycles. The molecule has 4 heteroatoms. The van der Waals surface area contributed by atoms with E-state index in [1.54, 1.807) is 7.11 Å². The lowest BCUT2D eigenvalue weighted by Gasteiger charge is -2.16. The van der Waals surface area contributed by atoms with E-state index in [1.165, 1.54) is 11.3 Å². The number of hydrogen-bond acceptors (Lipinski definition) is 3. The number of benzene rings is 1. The highest BCUT2D eigenvalue weighted by atomic mass is 16.5. The van der Waals surface area contributed by atoms with Gasteiger partial charge >= 0.3 is 0 Å². The van der Waals surface area contributed by atoms with Crippen molar-refractivity contribution in [3.8, 4) is 5.75 Å². The minimum atomic E-state index is 0.456. The lowest BCUT2D eigenvalue weighted by molar-refractivity contribution is 0.413. The Morgan fingerprint density at radius 3 is 2.85 bits per heavy atom. The van der Waals surface area contributed by atoms with E-state index in [9.17, 15) is 0 Å². The summed E-state index contributed by atoms with van der Waals surface area (Å²) in [5.41, 5.74) is 2.57. The average Bonchev–Trinajstić information content (AvgIpc) is 2.89. The lowest BCUT2D eigenvalue weighted by Crippen LogP contribution is -2.28. The molecule has 0 fully saturated rings. The summed E-state index contributed by atoms with van der Waals surface area (Å²) in [6.45, 7) is 0. The Labute approximate surface area is 120 Å². The molecule has 0 bridgehead atoms. The van der Waals surface area contributed by atoms with Crippen LogP contribution in [-0.4, -0.2) is 30.0 Å². The maximum atomic E-state index is 5.27. The number of methoxy groups -OCH3 is 1. The summed E-state index contributed by atoms with van der Waals surface area (Å²) in [5, 5.41) is 7.61. The third-order valence-electron chi connectivity index (χ3n) is 3.70. The van der Waals surface area contributed by atoms with E-state index < -0.39 is 0 Å². The van der Waals surface area contributed by atoms with E-state index in [0.717, 1.165) is 25.0 Å². The average molecular weight is 273 g/mol. The molecule has 108 valence electrons. The van der Waals surface area contributed by atoms with Gasteiger partial charge in [0.15, 0.2) is 0 Å². The molecular weight excluding hydrogens is 250 g/mol. The molecule has 20 heavy (non-hydrogen) atoms. The SMILES string of the molecule is CNC(CCc1ccnn1C)Cc1cccc(OC)c1. The largest absolute Gasteiger partial charge is 0.497 e. The van der Waals surface area contributed by atoms with Gasteiger partial charge in [0, 0.05) is 25.0 Å². The van der Waals surface area contributed by atoms with Crippen LogP contribution in [-0.2, 0) is 19.9 Å². The van der Waals surface area contributed by atoms with Crippen LogP contribution in [0.25, 0.3) is 0 Å². The Morgan fingerprint density at radius 2 is 2.20 bits per heavy atom. The number of aromatic nitrogens is 2. The first kappa shape index (κ1) is 14.6. The number of hydrogen-bond donors (Lipinski definition) is 1. The van der Waals surface area contributed by atoms with Gasteiger partial charge in [-0.1, -0.05) is 12.1 Å². The fourth-order valence-corrected chi connectivity index (χ4v) is 2.40. The Kier molecular flexibility index (Phi) is 5.18. The Bertz CT molecular complexity index is 536. The zero-order valence-electron chi connectivity index (χ0n) is 12.5. The molecule has 0 aliphatic rings. The van der Waals surface area contributed by atoms with Crippen LogP contribution in [0.5, 0.6) is 5.75 Å². The fourth-order valence-electron chi connectivity index (χ4n) is 2.40. The van der Waals surface area contributed by atoms with Gasteiger partial charge in [-0.3, -0.25) is 4.68 Å². The monoisotopic (exact) mass is 273 g/mol. The molecule has 2 rings (SSSR count). The molecule has 1 heterocycles. The summed E-state index contributed by atoms with van der Waals surface area (Å²) >= 11 is 0. The summed E-state index contributed by atoms with van der Waals surface area (Å²) in [7, 11) is 5.72. The van der Waals surface area contributed by atoms with Crippen molar-refractivity contribution in [1.29, 1.82) is 0 Å². The second-order valence-electron chi connectivity index (χ2n) is 5.03. The number of rotatable bonds is 7. The van der Waals surface area contributed by atoms with Gasteiger partial charge in [-0.2, -0.15) is 5.10 Å². The molecule has 0 saturated heterocycles. The number of likely N-dealkylation sites (N-methyl/N-ethyl adjacent to an activating group) is 1. The van der Waals surface area contributed by atoms with Gasteiger partial charge < -0.3 is 10.1 Å². The molecular formula is C16H23N3O. The normalized spacial score (nSPS) is 12.3. The topological polar surface area (TPSA) is 39.1 Å². The quantitative estimate of drug-likeness (QED) is 0.840. The third-order valence-corrected chi connectivity index (χ3v) is 3.70. The standard InChI is InChI=1S/C16H23N3O/c1-17-14(7-8-15-9-10-18-19(15)2)11-13-5-4-6-16(12-13)20-3/h4-6,9-10,12,14,17H,7-8,11H2,1-3H3. The first-order valence-electron chi connectivity index (χ1n) is 7.00. The summed E-state index contributed by atoms with van der Waals surface area (Å²) in [5.74, 6) is 0.920. The van der Waals surface area contributed by atoms with Crippen LogP contribution in [0.4, 0.5) is 0 Å². The van der Waals surface area contributed by atoms with Crippen molar-refractivity contribution in [2.75, 3.05) is 14.2 Å². The van der Waals surface area contributed by atoms with Crippen molar-refractivity contribution in [2.45, 2.75) is 25.3 Å². The molecule has 0 radical (unpaired) electrons. The minimum Gasteiger partial charge on any atom is -0.497 e. The van der Waals surface area contributed by atoms with Crippen molar-refractivity contribution in [2.24, 2.45) is 7.05 Å². The van der Waals surface area contributed by atoms with Crippen LogP contribution in [0.15, 0.2) is 36.5 Å². The molecule has 1 atom stereocenters. The Morgan fingerprint density at radius 1 is 1.35 bits per heavy atom. The van der Waals surface area contributed by atoms with Gasteiger partial charge in [-0.05, 0) is 50.1 Å². The van der Waals surface area contributed by atoms with Gasteiger partial charge in [0.05, 0.1) is 7.11 Å². The molecule has 0 aliphatic carbocycles. The van der Waals surface area contributed by atoms with Crippen molar-refractivity contribution >= 4 is 0 Å². The highest BCUT2D eigenvalue weighted by Crippen LogP contribution is 2.15. The predicted molar refractivity (Wildman–Crippen MR) is 81.1 cm³/mol. The molecule has 1 unspecified atom stereocenters. The second-order valence-corrected chi connectivity index (χ2v) is 5.03. The molecule has 0 amide bonds. The van der Waals surface area contributed by atoms with E-state index in [0.29, 0.717) is 6.04 Å². The number of nitrogens with zero attached hydrogens (tertiary/aromatic N) is 2. The van der Waals surface area contributed by atoms with Gasteiger partial charge in [0.2, 0.25) is 0 Å². The Balaban J connectivity index is 1.93. The zero-order valence-corrected chi connectivity index (χ0v) is 12.5. The number of nitrogens with one attached hydrogen (secondary N) is 1. The fraction of sp³-hybridized carbons (Fsp3) is 0.438. The molecule has 4 nitrogen and oxygen atoms in total. The van der Waals surface area contributed by atoms with Crippen molar-refractivity contribution < 1.29 is 4.74 Å². The predicted octanol–water partition coefficient (Wildman–Crippen LogP) is 2.19. The van der Waals surface area contributed by atoms with E-state index >= 15 is 0 Å². The number of aryl methyl sites for hydroxylation is 2. The second kappa shape index (κ2) is 7.10. The summed E-state index contributed by atoms with van der Waals surface area (Å²) in [4.78, 5) is 0. The van der Waals surface area contributed by atoms with Crippen LogP contribution in [0.1, 0.15) is 17.7 Å². The van der Waals surface area contributed by atoms with Crippen LogP contribution < -0.4 is 10.1 Å². The first-order chi connectivity index (χ1) is 9.72. The highest BCUT2D eigenvalue weighted by molar-refractivity contribution is 5.29. The molecule has 2 aromatic rings. The van der Waals surface area contributed by atoms with Crippen LogP contribution in [0, 0.1) is 0 Å². The lowest BCUT2D eigenvalue weighted by atomic mass is 10.0. The van der Waals surface area contributed by atoms with E-state index in [1.807, 2.05) is 37.1 Å². The molecule has 1 aromatic carbocycles. The van der Waals surface area contributed by atoms with Crippen molar-refractivity contribution in [1.82, 2.24) is 15.1 Å². The smallest absolute Gasteiger partial charge is 0.119 e. The van der Waals surface area contributed by atoms with Gasteiger partial charge in [-0.15, -0.1) is 0 Å². The third kappa shape index (κ3) is 3.84. The summed E-state index contributed by atoms with van der Waals surface area (Å²) < 4.78 is 7.22. The molecule has 1 N–H and O–H groups in total. The summed E-state index contributed by atoms with van der Waals surface area (Å²) in [6, 6.07) is 10.8. The van der Waals surface area contributed by atoms with Crippen molar-refractivity contribution in [3.63, 3.8) is 0 Å². The zero-order chi connectivity index (χ0) is 14.4. The van der Waals surface area contributed by atoms with Gasteiger partial charge in [-0.25, -0.2) is 0 Å². The Hall–Kier alpha value is -1.81. The molecule has 1 aromatic heterocycles. The van der Waals surface area contributed by atoms with Crippen LogP contribution in [0.2, 0.25) is 0 Å². The molecule has 0 spiro atoms. The van der Waals surface area contributed by atoms with E-state index in [-0.39, 0.29) is 0 Å². The van der Waals surface area contributed by atoms with Crippen LogP contribution in [0.3, 0.4) is 0 Å². The molecule has 0 saturated carbocycles. The minimum absolute atomic E-state index is 0.456. The van der Waals surface area contributed by atoms with Crippen molar-refractivity contribution in [3.05, 3.63) is 47.8 Å². The maximum Gasteiger partial charge on any atom is 0.119 e. The van der Waals surface area contributed by atoms with Gasteiger partial charge in [0.25, 0.3) is 0 Å². The van der Waals surface area contributed by atoms with E-state index in [2.05, 4.69) is 28.6 Å². The van der Waals surface area contributed by atoms with Crippen LogP contribution >= 0.6 is 0 Å². The van der Waals surface area contributed by atoms with E-state index in [4.69, 9.17) is 4.74 Å². The van der Waals surface area contributed by atoms with Gasteiger partial charge in [0.1, 0.15) is 5.75 Å². The summed E-state index contributed by atoms with van der Waals surface area (Å²) in [6.07, 6.45) is 4.98.